The third kappa shape index (κ3) is 3.53. The lowest BCUT2D eigenvalue weighted by Gasteiger charge is -2.10. The molecule has 66 valence electrons. The molecule has 0 aliphatic rings. The molecular formula is C8H8Cl3N. The quantitative estimate of drug-likeness (QED) is 0.575. The molecule has 0 aliphatic heterocycles. The minimum Gasteiger partial charge on any atom is -0.399 e. The Hall–Kier alpha value is -0.110. The van der Waals surface area contributed by atoms with Gasteiger partial charge in [-0.25, -0.2) is 0 Å². The maximum absolute atomic E-state index is 5.61. The lowest BCUT2D eigenvalue weighted by atomic mass is 10.1. The first-order valence-electron chi connectivity index (χ1n) is 3.38. The van der Waals surface area contributed by atoms with Crippen molar-refractivity contribution >= 4 is 40.5 Å². The molecule has 1 aromatic rings. The van der Waals surface area contributed by atoms with Gasteiger partial charge in [-0.2, -0.15) is 0 Å². The Morgan fingerprint density at radius 1 is 1.08 bits per heavy atom. The van der Waals surface area contributed by atoms with Gasteiger partial charge in [0.25, 0.3) is 0 Å². The second-order valence-corrected chi connectivity index (χ2v) is 5.05. The van der Waals surface area contributed by atoms with Crippen molar-refractivity contribution in [3.63, 3.8) is 0 Å². The summed E-state index contributed by atoms with van der Waals surface area (Å²) in [6.07, 6.45) is 0.401. The number of benzene rings is 1. The van der Waals surface area contributed by atoms with Gasteiger partial charge in [-0.1, -0.05) is 46.9 Å². The van der Waals surface area contributed by atoms with Gasteiger partial charge in [-0.05, 0) is 17.7 Å². The molecule has 0 radical (unpaired) electrons. The zero-order chi connectivity index (χ0) is 9.19. The molecule has 0 heterocycles. The summed E-state index contributed by atoms with van der Waals surface area (Å²) in [4.78, 5) is 0. The Morgan fingerprint density at radius 3 is 2.00 bits per heavy atom. The van der Waals surface area contributed by atoms with E-state index in [9.17, 15) is 0 Å². The fourth-order valence-corrected chi connectivity index (χ4v) is 1.33. The summed E-state index contributed by atoms with van der Waals surface area (Å²) in [7, 11) is 0. The Labute approximate surface area is 86.4 Å². The lowest BCUT2D eigenvalue weighted by Crippen LogP contribution is -2.06. The van der Waals surface area contributed by atoms with Gasteiger partial charge in [-0.3, -0.25) is 0 Å². The molecule has 0 saturated heterocycles. The van der Waals surface area contributed by atoms with Gasteiger partial charge < -0.3 is 5.73 Å². The number of nitrogen functional groups attached to an aromatic ring is 1. The van der Waals surface area contributed by atoms with Gasteiger partial charge in [0.2, 0.25) is 0 Å². The van der Waals surface area contributed by atoms with Crippen LogP contribution >= 0.6 is 34.8 Å². The smallest absolute Gasteiger partial charge is 0.194 e. The number of anilines is 1. The summed E-state index contributed by atoms with van der Waals surface area (Å²) in [5.41, 5.74) is 7.16. The summed E-state index contributed by atoms with van der Waals surface area (Å²) >= 11 is 16.8. The maximum Gasteiger partial charge on any atom is 0.194 e. The molecule has 1 rings (SSSR count). The molecule has 0 unspecified atom stereocenters. The first-order valence-corrected chi connectivity index (χ1v) is 4.52. The van der Waals surface area contributed by atoms with E-state index in [2.05, 4.69) is 0 Å². The Balaban J connectivity index is 2.71. The van der Waals surface area contributed by atoms with E-state index in [0.717, 1.165) is 5.56 Å². The second kappa shape index (κ2) is 3.73. The molecule has 0 spiro atoms. The highest BCUT2D eigenvalue weighted by atomic mass is 35.6. The van der Waals surface area contributed by atoms with E-state index >= 15 is 0 Å². The van der Waals surface area contributed by atoms with E-state index in [1.165, 1.54) is 0 Å². The van der Waals surface area contributed by atoms with Gasteiger partial charge in [0.15, 0.2) is 3.79 Å². The summed E-state index contributed by atoms with van der Waals surface area (Å²) in [5.74, 6) is 0. The normalized spacial score (nSPS) is 11.6. The van der Waals surface area contributed by atoms with Crippen LogP contribution in [0.1, 0.15) is 5.56 Å². The van der Waals surface area contributed by atoms with E-state index in [1.807, 2.05) is 12.1 Å². The largest absolute Gasteiger partial charge is 0.399 e. The fourth-order valence-electron chi connectivity index (χ4n) is 0.867. The average Bonchev–Trinajstić information content (AvgIpc) is 1.91. The predicted molar refractivity (Wildman–Crippen MR) is 54.8 cm³/mol. The lowest BCUT2D eigenvalue weighted by molar-refractivity contribution is 1.02. The van der Waals surface area contributed by atoms with Crippen LogP contribution in [0.25, 0.3) is 0 Å². The van der Waals surface area contributed by atoms with Crippen LogP contribution in [0.15, 0.2) is 24.3 Å². The molecule has 0 aliphatic carbocycles. The zero-order valence-corrected chi connectivity index (χ0v) is 8.50. The topological polar surface area (TPSA) is 26.0 Å². The molecule has 0 bridgehead atoms. The first-order chi connectivity index (χ1) is 5.47. The standard InChI is InChI=1S/C8H8Cl3N/c9-8(10,11)5-6-1-3-7(12)4-2-6/h1-4H,5,12H2. The van der Waals surface area contributed by atoms with Gasteiger partial charge in [0.05, 0.1) is 0 Å². The van der Waals surface area contributed by atoms with E-state index in [4.69, 9.17) is 40.5 Å². The van der Waals surface area contributed by atoms with Crippen LogP contribution in [0, 0.1) is 0 Å². The summed E-state index contributed by atoms with van der Waals surface area (Å²) in [6, 6.07) is 7.26. The average molecular weight is 225 g/mol. The van der Waals surface area contributed by atoms with Crippen LogP contribution in [0.4, 0.5) is 5.69 Å². The van der Waals surface area contributed by atoms with Gasteiger partial charge in [0.1, 0.15) is 0 Å². The molecular weight excluding hydrogens is 216 g/mol. The van der Waals surface area contributed by atoms with Crippen molar-refractivity contribution in [2.45, 2.75) is 10.2 Å². The summed E-state index contributed by atoms with van der Waals surface area (Å²) in [6.45, 7) is 0. The molecule has 0 atom stereocenters. The zero-order valence-electron chi connectivity index (χ0n) is 6.23. The first kappa shape index (κ1) is 9.97. The molecule has 12 heavy (non-hydrogen) atoms. The van der Waals surface area contributed by atoms with Crippen LogP contribution in [0.5, 0.6) is 0 Å². The molecule has 0 aromatic heterocycles. The summed E-state index contributed by atoms with van der Waals surface area (Å²) in [5, 5.41) is 0. The Bertz CT molecular complexity index is 250. The molecule has 0 amide bonds. The van der Waals surface area contributed by atoms with E-state index in [0.29, 0.717) is 12.1 Å². The minimum absolute atomic E-state index is 0.401. The third-order valence-electron chi connectivity index (χ3n) is 1.38. The highest BCUT2D eigenvalue weighted by Gasteiger charge is 2.19. The summed E-state index contributed by atoms with van der Waals surface area (Å²) < 4.78 is -1.23. The predicted octanol–water partition coefficient (Wildman–Crippen LogP) is 3.18. The number of hydrogen-bond donors (Lipinski definition) is 1. The van der Waals surface area contributed by atoms with Crippen molar-refractivity contribution in [3.8, 4) is 0 Å². The number of alkyl halides is 3. The van der Waals surface area contributed by atoms with E-state index < -0.39 is 3.79 Å². The molecule has 2 N–H and O–H groups in total. The number of rotatable bonds is 1. The van der Waals surface area contributed by atoms with Crippen molar-refractivity contribution in [2.75, 3.05) is 5.73 Å². The molecule has 4 heteroatoms. The molecule has 1 aromatic carbocycles. The fraction of sp³-hybridized carbons (Fsp3) is 0.250. The molecule has 1 nitrogen and oxygen atoms in total. The van der Waals surface area contributed by atoms with Crippen molar-refractivity contribution < 1.29 is 0 Å². The Morgan fingerprint density at radius 2 is 1.58 bits per heavy atom. The molecule has 0 fully saturated rings. The van der Waals surface area contributed by atoms with Crippen molar-refractivity contribution in [2.24, 2.45) is 0 Å². The van der Waals surface area contributed by atoms with Crippen LogP contribution < -0.4 is 5.73 Å². The van der Waals surface area contributed by atoms with Crippen molar-refractivity contribution in [3.05, 3.63) is 29.8 Å². The third-order valence-corrected chi connectivity index (χ3v) is 1.79. The monoisotopic (exact) mass is 223 g/mol. The SMILES string of the molecule is Nc1ccc(CC(Cl)(Cl)Cl)cc1. The van der Waals surface area contributed by atoms with Crippen molar-refractivity contribution in [1.29, 1.82) is 0 Å². The number of halogens is 3. The number of hydrogen-bond acceptors (Lipinski definition) is 1. The molecule has 0 saturated carbocycles. The van der Waals surface area contributed by atoms with Crippen LogP contribution in [-0.4, -0.2) is 3.79 Å². The van der Waals surface area contributed by atoms with Gasteiger partial charge >= 0.3 is 0 Å². The van der Waals surface area contributed by atoms with Crippen LogP contribution in [0.3, 0.4) is 0 Å². The van der Waals surface area contributed by atoms with Gasteiger partial charge in [-0.15, -0.1) is 0 Å². The number of nitrogens with two attached hydrogens (primary N) is 1. The van der Waals surface area contributed by atoms with Crippen LogP contribution in [0.2, 0.25) is 0 Å². The Kier molecular flexibility index (Phi) is 3.10. The maximum atomic E-state index is 5.61. The van der Waals surface area contributed by atoms with Crippen LogP contribution in [-0.2, 0) is 6.42 Å². The highest BCUT2D eigenvalue weighted by molar-refractivity contribution is 6.67. The van der Waals surface area contributed by atoms with Gasteiger partial charge in [0, 0.05) is 12.1 Å². The van der Waals surface area contributed by atoms with E-state index in [1.54, 1.807) is 12.1 Å². The van der Waals surface area contributed by atoms with Crippen molar-refractivity contribution in [1.82, 2.24) is 0 Å². The minimum atomic E-state index is -1.23. The second-order valence-electron chi connectivity index (χ2n) is 2.53. The van der Waals surface area contributed by atoms with E-state index in [-0.39, 0.29) is 0 Å². The highest BCUT2D eigenvalue weighted by Crippen LogP contribution is 2.30.